The van der Waals surface area contributed by atoms with E-state index in [-0.39, 0.29) is 12.5 Å². The number of hydrogen-bond acceptors (Lipinski definition) is 3. The van der Waals surface area contributed by atoms with Crippen molar-refractivity contribution in [2.24, 2.45) is 5.92 Å². The Morgan fingerprint density at radius 2 is 1.91 bits per heavy atom. The SMILES string of the molecule is CC(CNC(=O)C1(c2ccc(Br)cc2)CCOCC1)C(=O)O. The molecule has 2 rings (SSSR count). The molecule has 0 aromatic heterocycles. The highest BCUT2D eigenvalue weighted by molar-refractivity contribution is 9.10. The highest BCUT2D eigenvalue weighted by Crippen LogP contribution is 2.35. The molecule has 120 valence electrons. The number of aliphatic carboxylic acids is 1. The van der Waals surface area contributed by atoms with Gasteiger partial charge >= 0.3 is 5.97 Å². The van der Waals surface area contributed by atoms with E-state index in [2.05, 4.69) is 21.2 Å². The summed E-state index contributed by atoms with van der Waals surface area (Å²) in [6.45, 7) is 2.77. The van der Waals surface area contributed by atoms with E-state index < -0.39 is 17.3 Å². The highest BCUT2D eigenvalue weighted by Gasteiger charge is 2.41. The zero-order valence-electron chi connectivity index (χ0n) is 12.5. The Bertz CT molecular complexity index is 538. The fourth-order valence-electron chi connectivity index (χ4n) is 2.64. The van der Waals surface area contributed by atoms with Crippen molar-refractivity contribution >= 4 is 27.8 Å². The first-order chi connectivity index (χ1) is 10.5. The number of hydrogen-bond donors (Lipinski definition) is 2. The van der Waals surface area contributed by atoms with Gasteiger partial charge in [0.15, 0.2) is 0 Å². The standard InChI is InChI=1S/C16H20BrNO4/c1-11(14(19)20)10-18-15(21)16(6-8-22-9-7-16)12-2-4-13(17)5-3-12/h2-5,11H,6-10H2,1H3,(H,18,21)(H,19,20). The monoisotopic (exact) mass is 369 g/mol. The Labute approximate surface area is 138 Å². The molecular weight excluding hydrogens is 350 g/mol. The molecule has 1 aromatic carbocycles. The van der Waals surface area contributed by atoms with E-state index in [1.165, 1.54) is 0 Å². The smallest absolute Gasteiger partial charge is 0.308 e. The van der Waals surface area contributed by atoms with Crippen LogP contribution in [0.5, 0.6) is 0 Å². The van der Waals surface area contributed by atoms with Gasteiger partial charge in [-0.3, -0.25) is 9.59 Å². The van der Waals surface area contributed by atoms with Crippen LogP contribution in [0.25, 0.3) is 0 Å². The zero-order chi connectivity index (χ0) is 16.2. The fraction of sp³-hybridized carbons (Fsp3) is 0.500. The van der Waals surface area contributed by atoms with E-state index in [1.54, 1.807) is 6.92 Å². The third-order valence-electron chi connectivity index (χ3n) is 4.17. The topological polar surface area (TPSA) is 75.6 Å². The predicted octanol–water partition coefficient (Wildman–Crippen LogP) is 2.33. The summed E-state index contributed by atoms with van der Waals surface area (Å²) in [6.07, 6.45) is 1.20. The number of carbonyl (C=O) groups is 2. The van der Waals surface area contributed by atoms with Crippen LogP contribution >= 0.6 is 15.9 Å². The Hall–Kier alpha value is -1.40. The maximum Gasteiger partial charge on any atom is 0.308 e. The van der Waals surface area contributed by atoms with Gasteiger partial charge in [0.2, 0.25) is 5.91 Å². The maximum absolute atomic E-state index is 12.8. The quantitative estimate of drug-likeness (QED) is 0.834. The first kappa shape index (κ1) is 17.0. The van der Waals surface area contributed by atoms with Crippen molar-refractivity contribution in [3.63, 3.8) is 0 Å². The molecule has 1 amide bonds. The van der Waals surface area contributed by atoms with Crippen LogP contribution in [0.3, 0.4) is 0 Å². The average Bonchev–Trinajstić information content (AvgIpc) is 2.53. The minimum atomic E-state index is -0.912. The van der Waals surface area contributed by atoms with E-state index in [1.807, 2.05) is 24.3 Å². The van der Waals surface area contributed by atoms with Gasteiger partial charge in [-0.1, -0.05) is 35.0 Å². The van der Waals surface area contributed by atoms with E-state index in [9.17, 15) is 9.59 Å². The lowest BCUT2D eigenvalue weighted by Crippen LogP contribution is -2.49. The molecule has 1 heterocycles. The minimum Gasteiger partial charge on any atom is -0.481 e. The van der Waals surface area contributed by atoms with Gasteiger partial charge in [0.1, 0.15) is 0 Å². The minimum absolute atomic E-state index is 0.119. The summed E-state index contributed by atoms with van der Waals surface area (Å²) >= 11 is 3.40. The summed E-state index contributed by atoms with van der Waals surface area (Å²) in [5.41, 5.74) is 0.302. The van der Waals surface area contributed by atoms with Crippen molar-refractivity contribution in [1.29, 1.82) is 0 Å². The number of benzene rings is 1. The Morgan fingerprint density at radius 1 is 1.32 bits per heavy atom. The number of rotatable bonds is 5. The lowest BCUT2D eigenvalue weighted by Gasteiger charge is -2.36. The summed E-state index contributed by atoms with van der Waals surface area (Å²) in [4.78, 5) is 23.7. The van der Waals surface area contributed by atoms with Crippen LogP contribution in [-0.4, -0.2) is 36.7 Å². The van der Waals surface area contributed by atoms with Gasteiger partial charge in [0, 0.05) is 24.2 Å². The van der Waals surface area contributed by atoms with Crippen LogP contribution in [-0.2, 0) is 19.7 Å². The van der Waals surface area contributed by atoms with E-state index >= 15 is 0 Å². The highest BCUT2D eigenvalue weighted by atomic mass is 79.9. The third kappa shape index (κ3) is 3.67. The molecular formula is C16H20BrNO4. The summed E-state index contributed by atoms with van der Waals surface area (Å²) in [5, 5.41) is 11.7. The molecule has 1 aliphatic rings. The first-order valence-corrected chi connectivity index (χ1v) is 8.10. The van der Waals surface area contributed by atoms with Gasteiger partial charge in [-0.2, -0.15) is 0 Å². The van der Waals surface area contributed by atoms with Gasteiger partial charge in [0.25, 0.3) is 0 Å². The van der Waals surface area contributed by atoms with Crippen LogP contribution < -0.4 is 5.32 Å². The maximum atomic E-state index is 12.8. The van der Waals surface area contributed by atoms with Gasteiger partial charge < -0.3 is 15.2 Å². The third-order valence-corrected chi connectivity index (χ3v) is 4.70. The van der Waals surface area contributed by atoms with Crippen molar-refractivity contribution in [2.75, 3.05) is 19.8 Å². The molecule has 2 N–H and O–H groups in total. The van der Waals surface area contributed by atoms with Gasteiger partial charge in [-0.15, -0.1) is 0 Å². The number of nitrogens with one attached hydrogen (secondary N) is 1. The van der Waals surface area contributed by atoms with Crippen molar-refractivity contribution in [3.05, 3.63) is 34.3 Å². The van der Waals surface area contributed by atoms with Gasteiger partial charge in [-0.05, 0) is 30.5 Å². The molecule has 0 saturated carbocycles. The molecule has 1 fully saturated rings. The van der Waals surface area contributed by atoms with Crippen LogP contribution in [0.4, 0.5) is 0 Å². The van der Waals surface area contributed by atoms with Crippen LogP contribution in [0, 0.1) is 5.92 Å². The van der Waals surface area contributed by atoms with Crippen LogP contribution in [0.1, 0.15) is 25.3 Å². The van der Waals surface area contributed by atoms with E-state index in [4.69, 9.17) is 9.84 Å². The average molecular weight is 370 g/mol. The Morgan fingerprint density at radius 3 is 2.45 bits per heavy atom. The second-order valence-corrected chi connectivity index (χ2v) is 6.57. The molecule has 1 atom stereocenters. The van der Waals surface area contributed by atoms with E-state index in [0.717, 1.165) is 10.0 Å². The molecule has 1 unspecified atom stereocenters. The number of carbonyl (C=O) groups excluding carboxylic acids is 1. The molecule has 0 bridgehead atoms. The zero-order valence-corrected chi connectivity index (χ0v) is 14.1. The molecule has 5 nitrogen and oxygen atoms in total. The molecule has 1 aromatic rings. The van der Waals surface area contributed by atoms with Gasteiger partial charge in [0.05, 0.1) is 11.3 Å². The lowest BCUT2D eigenvalue weighted by molar-refractivity contribution is -0.141. The summed E-state index contributed by atoms with van der Waals surface area (Å²) in [5.74, 6) is -1.64. The number of carboxylic acid groups (broad SMARTS) is 1. The summed E-state index contributed by atoms with van der Waals surface area (Å²) < 4.78 is 6.36. The van der Waals surface area contributed by atoms with Crippen molar-refractivity contribution in [3.8, 4) is 0 Å². The Kier molecular flexibility index (Phi) is 5.58. The normalized spacial score (nSPS) is 18.5. The van der Waals surface area contributed by atoms with Crippen LogP contribution in [0.2, 0.25) is 0 Å². The Balaban J connectivity index is 2.19. The number of ether oxygens (including phenoxy) is 1. The van der Waals surface area contributed by atoms with E-state index in [0.29, 0.717) is 26.1 Å². The second kappa shape index (κ2) is 7.24. The lowest BCUT2D eigenvalue weighted by atomic mass is 9.73. The molecule has 0 radical (unpaired) electrons. The van der Waals surface area contributed by atoms with Crippen molar-refractivity contribution in [2.45, 2.75) is 25.2 Å². The molecule has 1 aliphatic heterocycles. The predicted molar refractivity (Wildman–Crippen MR) is 85.7 cm³/mol. The molecule has 0 spiro atoms. The molecule has 6 heteroatoms. The van der Waals surface area contributed by atoms with Gasteiger partial charge in [-0.25, -0.2) is 0 Å². The molecule has 1 saturated heterocycles. The summed E-state index contributed by atoms with van der Waals surface area (Å²) in [6, 6.07) is 7.71. The first-order valence-electron chi connectivity index (χ1n) is 7.30. The van der Waals surface area contributed by atoms with Crippen molar-refractivity contribution in [1.82, 2.24) is 5.32 Å². The molecule has 22 heavy (non-hydrogen) atoms. The number of carboxylic acids is 1. The molecule has 0 aliphatic carbocycles. The van der Waals surface area contributed by atoms with Crippen molar-refractivity contribution < 1.29 is 19.4 Å². The second-order valence-electron chi connectivity index (χ2n) is 5.65. The number of amides is 1. The number of halogens is 1. The fourth-order valence-corrected chi connectivity index (χ4v) is 2.90. The van der Waals surface area contributed by atoms with Crippen LogP contribution in [0.15, 0.2) is 28.7 Å². The largest absolute Gasteiger partial charge is 0.481 e. The summed E-state index contributed by atoms with van der Waals surface area (Å²) in [7, 11) is 0.